The number of nitrogens with one attached hydrogen (secondary N) is 1. The fraction of sp³-hybridized carbons (Fsp3) is 0.562. The number of carbonyl (C=O) groups excluding carboxylic acids is 1. The van der Waals surface area contributed by atoms with E-state index in [0.717, 1.165) is 13.0 Å². The lowest BCUT2D eigenvalue weighted by molar-refractivity contribution is -0.122. The Morgan fingerprint density at radius 3 is 2.94 bits per heavy atom. The number of amides is 1. The zero-order chi connectivity index (χ0) is 12.5. The van der Waals surface area contributed by atoms with Crippen molar-refractivity contribution in [3.05, 3.63) is 35.4 Å². The van der Waals surface area contributed by atoms with Gasteiger partial charge in [-0.3, -0.25) is 4.79 Å². The van der Waals surface area contributed by atoms with Gasteiger partial charge in [0.25, 0.3) is 0 Å². The van der Waals surface area contributed by atoms with Crippen LogP contribution in [0.25, 0.3) is 0 Å². The van der Waals surface area contributed by atoms with Crippen molar-refractivity contribution < 1.29 is 4.79 Å². The molecule has 3 rings (SSSR count). The summed E-state index contributed by atoms with van der Waals surface area (Å²) in [6.45, 7) is 2.97. The van der Waals surface area contributed by atoms with Crippen LogP contribution in [-0.2, 0) is 11.2 Å². The van der Waals surface area contributed by atoms with Crippen LogP contribution in [0.5, 0.6) is 0 Å². The summed E-state index contributed by atoms with van der Waals surface area (Å²) in [6, 6.07) is 8.69. The standard InChI is InChI=1S/C16H21NO/c1-11-9-15(11)16(18)17-10-13-7-4-6-12-5-2-3-8-14(12)13/h2-3,5,8,11,13,15H,4,6-7,9-10H2,1H3,(H,17,18)/t11-,13-,15+/m1/s1. The summed E-state index contributed by atoms with van der Waals surface area (Å²) in [5, 5.41) is 3.15. The second-order valence-corrected chi connectivity index (χ2v) is 5.85. The molecule has 0 aliphatic heterocycles. The third kappa shape index (κ3) is 2.29. The summed E-state index contributed by atoms with van der Waals surface area (Å²) in [5.74, 6) is 1.69. The number of carbonyl (C=O) groups is 1. The lowest BCUT2D eigenvalue weighted by atomic mass is 9.83. The summed E-state index contributed by atoms with van der Waals surface area (Å²) < 4.78 is 0. The van der Waals surface area contributed by atoms with Gasteiger partial charge in [0.05, 0.1) is 0 Å². The Kier molecular flexibility index (Phi) is 3.11. The second-order valence-electron chi connectivity index (χ2n) is 5.85. The molecule has 0 spiro atoms. The molecule has 0 radical (unpaired) electrons. The molecular weight excluding hydrogens is 222 g/mol. The minimum atomic E-state index is 0.269. The van der Waals surface area contributed by atoms with E-state index in [1.807, 2.05) is 0 Å². The van der Waals surface area contributed by atoms with E-state index in [-0.39, 0.29) is 5.91 Å². The Hall–Kier alpha value is -1.31. The maximum atomic E-state index is 11.9. The Bertz CT molecular complexity index is 454. The van der Waals surface area contributed by atoms with Crippen LogP contribution in [0.4, 0.5) is 0 Å². The molecule has 2 aliphatic rings. The molecule has 0 aromatic heterocycles. The number of hydrogen-bond acceptors (Lipinski definition) is 1. The highest BCUT2D eigenvalue weighted by Gasteiger charge is 2.39. The molecule has 1 aromatic carbocycles. The monoisotopic (exact) mass is 243 g/mol. The minimum absolute atomic E-state index is 0.269. The van der Waals surface area contributed by atoms with Crippen LogP contribution in [-0.4, -0.2) is 12.5 Å². The minimum Gasteiger partial charge on any atom is -0.355 e. The molecule has 2 aliphatic carbocycles. The Morgan fingerprint density at radius 1 is 1.39 bits per heavy atom. The van der Waals surface area contributed by atoms with Gasteiger partial charge in [0, 0.05) is 18.4 Å². The van der Waals surface area contributed by atoms with Gasteiger partial charge in [0.2, 0.25) is 5.91 Å². The fourth-order valence-electron chi connectivity index (χ4n) is 3.11. The van der Waals surface area contributed by atoms with Crippen LogP contribution in [0.2, 0.25) is 0 Å². The largest absolute Gasteiger partial charge is 0.355 e. The molecule has 1 aromatic rings. The van der Waals surface area contributed by atoms with Gasteiger partial charge in [-0.2, -0.15) is 0 Å². The summed E-state index contributed by atoms with van der Waals surface area (Å²) in [7, 11) is 0. The Labute approximate surface area is 109 Å². The highest BCUT2D eigenvalue weighted by Crippen LogP contribution is 2.38. The zero-order valence-corrected chi connectivity index (χ0v) is 11.0. The third-order valence-electron chi connectivity index (χ3n) is 4.46. The molecule has 0 saturated heterocycles. The van der Waals surface area contributed by atoms with Crippen LogP contribution < -0.4 is 5.32 Å². The number of hydrogen-bond donors (Lipinski definition) is 1. The van der Waals surface area contributed by atoms with Crippen molar-refractivity contribution in [1.82, 2.24) is 5.32 Å². The third-order valence-corrected chi connectivity index (χ3v) is 4.46. The highest BCUT2D eigenvalue weighted by molar-refractivity contribution is 5.81. The summed E-state index contributed by atoms with van der Waals surface area (Å²) in [6.07, 6.45) is 4.72. The fourth-order valence-corrected chi connectivity index (χ4v) is 3.11. The number of fused-ring (bicyclic) bond motifs is 1. The van der Waals surface area contributed by atoms with E-state index in [9.17, 15) is 4.79 Å². The molecule has 96 valence electrons. The first-order valence-corrected chi connectivity index (χ1v) is 7.11. The average molecular weight is 243 g/mol. The van der Waals surface area contributed by atoms with Crippen molar-refractivity contribution in [2.45, 2.75) is 38.5 Å². The number of benzene rings is 1. The van der Waals surface area contributed by atoms with Gasteiger partial charge < -0.3 is 5.32 Å². The highest BCUT2D eigenvalue weighted by atomic mass is 16.2. The summed E-state index contributed by atoms with van der Waals surface area (Å²) in [4.78, 5) is 11.9. The van der Waals surface area contributed by atoms with Crippen molar-refractivity contribution in [3.63, 3.8) is 0 Å². The smallest absolute Gasteiger partial charge is 0.223 e. The van der Waals surface area contributed by atoms with E-state index in [2.05, 4.69) is 36.5 Å². The van der Waals surface area contributed by atoms with E-state index >= 15 is 0 Å². The number of aryl methyl sites for hydroxylation is 1. The maximum absolute atomic E-state index is 11.9. The van der Waals surface area contributed by atoms with Crippen LogP contribution in [0.1, 0.15) is 43.2 Å². The second kappa shape index (κ2) is 4.75. The molecule has 2 nitrogen and oxygen atoms in total. The van der Waals surface area contributed by atoms with E-state index in [4.69, 9.17) is 0 Å². The SMILES string of the molecule is C[C@@H]1C[C@@H]1C(=O)NC[C@H]1CCCc2ccccc21. The molecule has 0 bridgehead atoms. The van der Waals surface area contributed by atoms with E-state index < -0.39 is 0 Å². The van der Waals surface area contributed by atoms with Gasteiger partial charge in [0.1, 0.15) is 0 Å². The predicted molar refractivity (Wildman–Crippen MR) is 72.4 cm³/mol. The molecule has 0 unspecified atom stereocenters. The van der Waals surface area contributed by atoms with Gasteiger partial charge >= 0.3 is 0 Å². The van der Waals surface area contributed by atoms with Gasteiger partial charge in [-0.05, 0) is 42.7 Å². The molecule has 3 atom stereocenters. The molecular formula is C16H21NO. The van der Waals surface area contributed by atoms with E-state index in [0.29, 0.717) is 17.8 Å². The summed E-state index contributed by atoms with van der Waals surface area (Å²) in [5.41, 5.74) is 2.93. The van der Waals surface area contributed by atoms with Crippen LogP contribution in [0.3, 0.4) is 0 Å². The summed E-state index contributed by atoms with van der Waals surface area (Å²) >= 11 is 0. The van der Waals surface area contributed by atoms with Gasteiger partial charge in [-0.1, -0.05) is 31.2 Å². The topological polar surface area (TPSA) is 29.1 Å². The van der Waals surface area contributed by atoms with Crippen molar-refractivity contribution in [2.75, 3.05) is 6.54 Å². The van der Waals surface area contributed by atoms with Crippen molar-refractivity contribution in [1.29, 1.82) is 0 Å². The maximum Gasteiger partial charge on any atom is 0.223 e. The predicted octanol–water partition coefficient (Wildman–Crippen LogP) is 2.88. The van der Waals surface area contributed by atoms with E-state index in [1.165, 1.54) is 30.4 Å². The molecule has 0 heterocycles. The lowest BCUT2D eigenvalue weighted by Gasteiger charge is -2.25. The Balaban J connectivity index is 1.62. The molecule has 1 N–H and O–H groups in total. The molecule has 1 saturated carbocycles. The molecule has 1 fully saturated rings. The molecule has 18 heavy (non-hydrogen) atoms. The van der Waals surface area contributed by atoms with Crippen molar-refractivity contribution >= 4 is 5.91 Å². The molecule has 2 heteroatoms. The first-order valence-electron chi connectivity index (χ1n) is 7.11. The zero-order valence-electron chi connectivity index (χ0n) is 11.0. The van der Waals surface area contributed by atoms with Crippen LogP contribution in [0.15, 0.2) is 24.3 Å². The van der Waals surface area contributed by atoms with Crippen LogP contribution in [0, 0.1) is 11.8 Å². The van der Waals surface area contributed by atoms with Gasteiger partial charge in [0.15, 0.2) is 0 Å². The normalized spacial score (nSPS) is 29.5. The van der Waals surface area contributed by atoms with Crippen LogP contribution >= 0.6 is 0 Å². The van der Waals surface area contributed by atoms with Gasteiger partial charge in [-0.15, -0.1) is 0 Å². The first-order chi connectivity index (χ1) is 8.75. The van der Waals surface area contributed by atoms with Gasteiger partial charge in [-0.25, -0.2) is 0 Å². The Morgan fingerprint density at radius 2 is 2.17 bits per heavy atom. The van der Waals surface area contributed by atoms with Crippen molar-refractivity contribution in [2.24, 2.45) is 11.8 Å². The molecule has 1 amide bonds. The van der Waals surface area contributed by atoms with E-state index in [1.54, 1.807) is 0 Å². The van der Waals surface area contributed by atoms with Crippen molar-refractivity contribution in [3.8, 4) is 0 Å². The quantitative estimate of drug-likeness (QED) is 0.869. The lowest BCUT2D eigenvalue weighted by Crippen LogP contribution is -2.31. The first kappa shape index (κ1) is 11.8. The average Bonchev–Trinajstić information content (AvgIpc) is 3.13. The number of rotatable bonds is 3.